The average Bonchev–Trinajstić information content (AvgIpc) is 3.39. The first-order valence-corrected chi connectivity index (χ1v) is 31.1. The zero-order valence-electron chi connectivity index (χ0n) is 48.1. The number of ether oxygens (including phenoxy) is 3. The Kier molecular flexibility index (Phi) is 58.3. The minimum absolute atomic E-state index is 0.0872. The number of hydrogen-bond donors (Lipinski definition) is 0. The average molecular weight is 1020 g/mol. The molecule has 0 aliphatic heterocycles. The minimum atomic E-state index is -0.792. The van der Waals surface area contributed by atoms with Crippen molar-refractivity contribution < 1.29 is 28.6 Å². The molecule has 0 aliphatic carbocycles. The molecule has 0 saturated carbocycles. The van der Waals surface area contributed by atoms with Crippen molar-refractivity contribution in [1.29, 1.82) is 0 Å². The van der Waals surface area contributed by atoms with Crippen LogP contribution < -0.4 is 0 Å². The van der Waals surface area contributed by atoms with Crippen LogP contribution in [0.5, 0.6) is 0 Å². The third-order valence-corrected chi connectivity index (χ3v) is 13.3. The Morgan fingerprint density at radius 1 is 0.274 bits per heavy atom. The Morgan fingerprint density at radius 3 is 0.767 bits per heavy atom. The summed E-state index contributed by atoms with van der Waals surface area (Å²) in [5.74, 6) is -0.907. The van der Waals surface area contributed by atoms with Gasteiger partial charge in [0, 0.05) is 19.3 Å². The van der Waals surface area contributed by atoms with Crippen LogP contribution in [-0.2, 0) is 28.6 Å². The fraction of sp³-hybridized carbons (Fsp3) is 0.746. The van der Waals surface area contributed by atoms with Gasteiger partial charge < -0.3 is 14.2 Å². The van der Waals surface area contributed by atoms with Crippen molar-refractivity contribution in [2.75, 3.05) is 13.2 Å². The van der Waals surface area contributed by atoms with Crippen LogP contribution in [0.25, 0.3) is 0 Å². The molecule has 0 N–H and O–H groups in total. The summed E-state index contributed by atoms with van der Waals surface area (Å²) in [4.78, 5) is 38.3. The van der Waals surface area contributed by atoms with E-state index < -0.39 is 6.10 Å². The Morgan fingerprint density at radius 2 is 0.493 bits per heavy atom. The van der Waals surface area contributed by atoms with E-state index in [1.807, 2.05) is 0 Å². The number of rotatable bonds is 56. The summed E-state index contributed by atoms with van der Waals surface area (Å²) in [6.07, 6.45) is 80.0. The summed E-state index contributed by atoms with van der Waals surface area (Å²) in [5, 5.41) is 0. The Balaban J connectivity index is 4.43. The third-order valence-electron chi connectivity index (χ3n) is 13.3. The summed E-state index contributed by atoms with van der Waals surface area (Å²) in [6.45, 7) is 6.56. The second kappa shape index (κ2) is 61.1. The highest BCUT2D eigenvalue weighted by atomic mass is 16.6. The fourth-order valence-corrected chi connectivity index (χ4v) is 8.63. The number of unbranched alkanes of at least 4 members (excludes halogenated alkanes) is 31. The van der Waals surface area contributed by atoms with Gasteiger partial charge in [-0.25, -0.2) is 0 Å². The van der Waals surface area contributed by atoms with Crippen LogP contribution in [0.3, 0.4) is 0 Å². The van der Waals surface area contributed by atoms with Gasteiger partial charge in [0.25, 0.3) is 0 Å². The predicted molar refractivity (Wildman–Crippen MR) is 316 cm³/mol. The van der Waals surface area contributed by atoms with Crippen LogP contribution in [0.1, 0.15) is 303 Å². The Bertz CT molecular complexity index is 1400. The van der Waals surface area contributed by atoms with Gasteiger partial charge in [0.05, 0.1) is 0 Å². The lowest BCUT2D eigenvalue weighted by atomic mass is 10.1. The molecule has 420 valence electrons. The lowest BCUT2D eigenvalue weighted by Crippen LogP contribution is -2.30. The van der Waals surface area contributed by atoms with Gasteiger partial charge in [-0.3, -0.25) is 14.4 Å². The second-order valence-electron chi connectivity index (χ2n) is 20.6. The smallest absolute Gasteiger partial charge is 0.306 e. The summed E-state index contributed by atoms with van der Waals surface area (Å²) in [7, 11) is 0. The van der Waals surface area contributed by atoms with Gasteiger partial charge in [-0.15, -0.1) is 0 Å². The molecule has 0 aromatic carbocycles. The van der Waals surface area contributed by atoms with Gasteiger partial charge in [-0.05, 0) is 122 Å². The van der Waals surface area contributed by atoms with Crippen LogP contribution in [0.2, 0.25) is 0 Å². The predicted octanol–water partition coefficient (Wildman–Crippen LogP) is 21.1. The van der Waals surface area contributed by atoms with E-state index >= 15 is 0 Å². The molecule has 0 aliphatic rings. The summed E-state index contributed by atoms with van der Waals surface area (Å²) in [6, 6.07) is 0. The lowest BCUT2D eigenvalue weighted by Gasteiger charge is -2.18. The molecule has 0 fully saturated rings. The van der Waals surface area contributed by atoms with Gasteiger partial charge >= 0.3 is 17.9 Å². The normalized spacial score (nSPS) is 12.6. The van der Waals surface area contributed by atoms with Gasteiger partial charge in [0.15, 0.2) is 6.10 Å². The molecule has 6 nitrogen and oxygen atoms in total. The number of carbonyl (C=O) groups excluding carboxylic acids is 3. The van der Waals surface area contributed by atoms with Crippen molar-refractivity contribution >= 4 is 17.9 Å². The van der Waals surface area contributed by atoms with E-state index in [9.17, 15) is 14.4 Å². The molecule has 6 heteroatoms. The highest BCUT2D eigenvalue weighted by molar-refractivity contribution is 5.71. The van der Waals surface area contributed by atoms with Crippen molar-refractivity contribution in [2.24, 2.45) is 0 Å². The maximum absolute atomic E-state index is 12.9. The number of carbonyl (C=O) groups is 3. The highest BCUT2D eigenvalue weighted by Gasteiger charge is 2.19. The Hall–Kier alpha value is -3.41. The van der Waals surface area contributed by atoms with Gasteiger partial charge in [0.2, 0.25) is 0 Å². The van der Waals surface area contributed by atoms with Gasteiger partial charge in [-0.2, -0.15) is 0 Å². The van der Waals surface area contributed by atoms with Crippen molar-refractivity contribution in [1.82, 2.24) is 0 Å². The quantitative estimate of drug-likeness (QED) is 0.0261. The Labute approximate surface area is 452 Å². The molecule has 73 heavy (non-hydrogen) atoms. The van der Waals surface area contributed by atoms with E-state index in [4.69, 9.17) is 14.2 Å². The van der Waals surface area contributed by atoms with E-state index in [0.29, 0.717) is 19.3 Å². The highest BCUT2D eigenvalue weighted by Crippen LogP contribution is 2.15. The first-order valence-electron chi connectivity index (χ1n) is 31.1. The molecule has 0 spiro atoms. The SMILES string of the molecule is CCCCC/C=C\C/C=C\C/C=C\CCCCCCC(=O)OC[C@H](COC(=O)CCCCCCCCCCC/C=C\C/C=C\CCCCC)OC(=O)CCCCCCCCCCC/C=C\C/C=C\CCCCC. The molecule has 1 atom stereocenters. The summed E-state index contributed by atoms with van der Waals surface area (Å²) in [5.41, 5.74) is 0. The van der Waals surface area contributed by atoms with Crippen molar-refractivity contribution in [3.8, 4) is 0 Å². The van der Waals surface area contributed by atoms with E-state index in [-0.39, 0.29) is 31.1 Å². The van der Waals surface area contributed by atoms with Crippen LogP contribution in [0.15, 0.2) is 85.1 Å². The molecule has 0 aromatic heterocycles. The zero-order valence-corrected chi connectivity index (χ0v) is 48.1. The van der Waals surface area contributed by atoms with E-state index in [1.165, 1.54) is 167 Å². The lowest BCUT2D eigenvalue weighted by molar-refractivity contribution is -0.167. The molecule has 0 bridgehead atoms. The maximum Gasteiger partial charge on any atom is 0.306 e. The third kappa shape index (κ3) is 59.3. The monoisotopic (exact) mass is 1020 g/mol. The standard InChI is InChI=1S/C67H116O6/c1-4-7-10-13-16-19-22-25-28-31-33-36-39-42-45-48-51-54-57-60-66(69)72-63-64(62-71-65(68)59-56-53-50-47-44-41-38-35-30-27-24-21-18-15-12-9-6-3)73-67(70)61-58-55-52-49-46-43-40-37-34-32-29-26-23-20-17-14-11-8-5-2/h16-21,25-30,38,41,64H,4-15,22-24,31-37,39-40,42-63H2,1-3H3/b19-16-,20-17-,21-18-,28-25-,29-26-,30-27-,41-38-/t64-/m1/s1. The molecular weight excluding hydrogens is 901 g/mol. The van der Waals surface area contributed by atoms with Crippen LogP contribution >= 0.6 is 0 Å². The topological polar surface area (TPSA) is 78.9 Å². The largest absolute Gasteiger partial charge is 0.462 e. The maximum atomic E-state index is 12.9. The van der Waals surface area contributed by atoms with Crippen LogP contribution in [0, 0.1) is 0 Å². The van der Waals surface area contributed by atoms with E-state index in [1.54, 1.807) is 0 Å². The first kappa shape index (κ1) is 69.6. The van der Waals surface area contributed by atoms with Crippen molar-refractivity contribution in [3.05, 3.63) is 85.1 Å². The second-order valence-corrected chi connectivity index (χ2v) is 20.6. The molecule has 0 rings (SSSR count). The zero-order chi connectivity index (χ0) is 52.9. The van der Waals surface area contributed by atoms with E-state index in [2.05, 4.69) is 106 Å². The summed E-state index contributed by atoms with van der Waals surface area (Å²) < 4.78 is 16.9. The van der Waals surface area contributed by atoms with Gasteiger partial charge in [-0.1, -0.05) is 247 Å². The molecule has 0 aromatic rings. The number of esters is 3. The number of hydrogen-bond acceptors (Lipinski definition) is 6. The van der Waals surface area contributed by atoms with Crippen LogP contribution in [-0.4, -0.2) is 37.2 Å². The van der Waals surface area contributed by atoms with Crippen molar-refractivity contribution in [3.63, 3.8) is 0 Å². The van der Waals surface area contributed by atoms with Crippen molar-refractivity contribution in [2.45, 2.75) is 309 Å². The molecule has 0 radical (unpaired) electrons. The molecule has 0 amide bonds. The fourth-order valence-electron chi connectivity index (χ4n) is 8.63. The van der Waals surface area contributed by atoms with Crippen LogP contribution in [0.4, 0.5) is 0 Å². The molecular formula is C67H116O6. The molecule has 0 saturated heterocycles. The molecule has 0 heterocycles. The number of allylic oxidation sites excluding steroid dienone is 14. The summed E-state index contributed by atoms with van der Waals surface area (Å²) >= 11 is 0. The minimum Gasteiger partial charge on any atom is -0.462 e. The first-order chi connectivity index (χ1) is 36.0. The van der Waals surface area contributed by atoms with Gasteiger partial charge in [0.1, 0.15) is 13.2 Å². The van der Waals surface area contributed by atoms with E-state index in [0.717, 1.165) is 96.3 Å². The molecule has 0 unspecified atom stereocenters.